The largest absolute Gasteiger partial charge is 0.356 e. The van der Waals surface area contributed by atoms with Crippen LogP contribution in [0.25, 0.3) is 0 Å². The maximum Gasteiger partial charge on any atom is 0.220 e. The van der Waals surface area contributed by atoms with Crippen molar-refractivity contribution in [1.29, 1.82) is 0 Å². The van der Waals surface area contributed by atoms with Gasteiger partial charge in [-0.2, -0.15) is 0 Å². The van der Waals surface area contributed by atoms with Gasteiger partial charge in [-0.15, -0.1) is 0 Å². The van der Waals surface area contributed by atoms with Crippen molar-refractivity contribution < 1.29 is 4.79 Å². The number of nitrogens with one attached hydrogen (secondary N) is 2. The summed E-state index contributed by atoms with van der Waals surface area (Å²) in [5.41, 5.74) is 0. The minimum atomic E-state index is 0.268. The van der Waals surface area contributed by atoms with Gasteiger partial charge in [-0.25, -0.2) is 0 Å². The van der Waals surface area contributed by atoms with Gasteiger partial charge in [0.2, 0.25) is 5.91 Å². The lowest BCUT2D eigenvalue weighted by Gasteiger charge is -2.27. The summed E-state index contributed by atoms with van der Waals surface area (Å²) in [4.78, 5) is 14.4. The van der Waals surface area contributed by atoms with Gasteiger partial charge in [0, 0.05) is 39.1 Å². The lowest BCUT2D eigenvalue weighted by Crippen LogP contribution is -2.44. The molecule has 0 aromatic rings. The smallest absolute Gasteiger partial charge is 0.220 e. The van der Waals surface area contributed by atoms with Crippen LogP contribution >= 0.6 is 0 Å². The molecule has 1 amide bonds. The van der Waals surface area contributed by atoms with Gasteiger partial charge in [0.05, 0.1) is 0 Å². The van der Waals surface area contributed by atoms with Crippen LogP contribution in [0.3, 0.4) is 0 Å². The Morgan fingerprint density at radius 2 is 2.10 bits per heavy atom. The summed E-state index contributed by atoms with van der Waals surface area (Å²) in [6.45, 7) is 8.77. The van der Waals surface area contributed by atoms with Crippen LogP contribution in [-0.4, -0.2) is 50.1 Å². The first-order valence-electron chi connectivity index (χ1n) is 8.44. The first-order chi connectivity index (χ1) is 9.74. The summed E-state index contributed by atoms with van der Waals surface area (Å²) in [5, 5.41) is 6.46. The van der Waals surface area contributed by atoms with E-state index in [1.54, 1.807) is 0 Å². The number of hydrogen-bond donors (Lipinski definition) is 2. The van der Waals surface area contributed by atoms with Crippen molar-refractivity contribution >= 4 is 5.91 Å². The van der Waals surface area contributed by atoms with Gasteiger partial charge in [-0.1, -0.05) is 19.8 Å². The summed E-state index contributed by atoms with van der Waals surface area (Å²) < 4.78 is 0. The quantitative estimate of drug-likeness (QED) is 0.727. The number of amides is 1. The van der Waals surface area contributed by atoms with Crippen LogP contribution in [0.5, 0.6) is 0 Å². The van der Waals surface area contributed by atoms with Crippen molar-refractivity contribution in [1.82, 2.24) is 15.5 Å². The highest BCUT2D eigenvalue weighted by Crippen LogP contribution is 2.30. The van der Waals surface area contributed by atoms with Crippen LogP contribution in [0.1, 0.15) is 45.4 Å². The minimum Gasteiger partial charge on any atom is -0.356 e. The highest BCUT2D eigenvalue weighted by atomic mass is 16.1. The molecule has 2 fully saturated rings. The molecule has 0 aromatic heterocycles. The minimum absolute atomic E-state index is 0.268. The van der Waals surface area contributed by atoms with E-state index in [1.165, 1.54) is 25.7 Å². The van der Waals surface area contributed by atoms with Crippen molar-refractivity contribution in [3.8, 4) is 0 Å². The van der Waals surface area contributed by atoms with Crippen LogP contribution in [0.4, 0.5) is 0 Å². The molecule has 2 rings (SSSR count). The molecule has 2 atom stereocenters. The molecule has 0 bridgehead atoms. The summed E-state index contributed by atoms with van der Waals surface area (Å²) in [6, 6.07) is 0. The molecule has 2 N–H and O–H groups in total. The van der Waals surface area contributed by atoms with Crippen LogP contribution in [0, 0.1) is 11.8 Å². The zero-order valence-corrected chi connectivity index (χ0v) is 13.0. The van der Waals surface area contributed by atoms with Gasteiger partial charge in [0.1, 0.15) is 0 Å². The molecule has 1 saturated heterocycles. The monoisotopic (exact) mass is 281 g/mol. The fourth-order valence-corrected chi connectivity index (χ4v) is 3.54. The molecule has 2 unspecified atom stereocenters. The van der Waals surface area contributed by atoms with Crippen LogP contribution in [0.2, 0.25) is 0 Å². The molecule has 4 heteroatoms. The highest BCUT2D eigenvalue weighted by Gasteiger charge is 2.21. The fourth-order valence-electron chi connectivity index (χ4n) is 3.54. The van der Waals surface area contributed by atoms with E-state index < -0.39 is 0 Å². The van der Waals surface area contributed by atoms with Crippen LogP contribution in [-0.2, 0) is 4.79 Å². The number of hydrogen-bond acceptors (Lipinski definition) is 3. The van der Waals surface area contributed by atoms with E-state index in [4.69, 9.17) is 0 Å². The maximum atomic E-state index is 11.9. The van der Waals surface area contributed by atoms with Crippen molar-refractivity contribution in [3.63, 3.8) is 0 Å². The van der Waals surface area contributed by atoms with E-state index in [-0.39, 0.29) is 5.91 Å². The standard InChI is InChI=1S/C16H31N3O/c1-14-4-2-5-15(12-14)13-16(20)18-6-3-9-19-10-7-17-8-11-19/h14-15,17H,2-13H2,1H3,(H,18,20). The number of rotatable bonds is 6. The molecule has 116 valence electrons. The second-order valence-corrected chi connectivity index (χ2v) is 6.64. The predicted octanol–water partition coefficient (Wildman–Crippen LogP) is 1.61. The number of carbonyl (C=O) groups excluding carboxylic acids is 1. The number of carbonyl (C=O) groups is 1. The molecule has 0 spiro atoms. The third-order valence-corrected chi connectivity index (χ3v) is 4.70. The molecule has 1 aliphatic heterocycles. The Balaban J connectivity index is 1.51. The Morgan fingerprint density at radius 3 is 2.85 bits per heavy atom. The lowest BCUT2D eigenvalue weighted by molar-refractivity contribution is -0.122. The zero-order valence-electron chi connectivity index (χ0n) is 13.0. The van der Waals surface area contributed by atoms with Gasteiger partial charge in [-0.3, -0.25) is 4.79 Å². The van der Waals surface area contributed by atoms with Crippen LogP contribution in [0.15, 0.2) is 0 Å². The van der Waals surface area contributed by atoms with Crippen molar-refractivity contribution in [2.24, 2.45) is 11.8 Å². The third-order valence-electron chi connectivity index (χ3n) is 4.70. The Kier molecular flexibility index (Phi) is 6.80. The topological polar surface area (TPSA) is 44.4 Å². The summed E-state index contributed by atoms with van der Waals surface area (Å²) >= 11 is 0. The summed E-state index contributed by atoms with van der Waals surface area (Å²) in [6.07, 6.45) is 6.97. The molecule has 0 radical (unpaired) electrons. The highest BCUT2D eigenvalue weighted by molar-refractivity contribution is 5.76. The lowest BCUT2D eigenvalue weighted by atomic mass is 9.81. The summed E-state index contributed by atoms with van der Waals surface area (Å²) in [5.74, 6) is 1.71. The molecule has 1 saturated carbocycles. The van der Waals surface area contributed by atoms with E-state index >= 15 is 0 Å². The molecule has 20 heavy (non-hydrogen) atoms. The normalized spacial score (nSPS) is 28.2. The molecular formula is C16H31N3O. The zero-order chi connectivity index (χ0) is 14.2. The van der Waals surface area contributed by atoms with E-state index in [9.17, 15) is 4.79 Å². The van der Waals surface area contributed by atoms with Gasteiger partial charge >= 0.3 is 0 Å². The average Bonchev–Trinajstić information content (AvgIpc) is 2.45. The van der Waals surface area contributed by atoms with E-state index in [1.807, 2.05) is 0 Å². The second-order valence-electron chi connectivity index (χ2n) is 6.64. The van der Waals surface area contributed by atoms with Crippen molar-refractivity contribution in [3.05, 3.63) is 0 Å². The molecule has 1 aliphatic carbocycles. The van der Waals surface area contributed by atoms with Crippen LogP contribution < -0.4 is 10.6 Å². The Hall–Kier alpha value is -0.610. The van der Waals surface area contributed by atoms with Gasteiger partial charge < -0.3 is 15.5 Å². The Labute approximate surface area is 123 Å². The number of nitrogens with zero attached hydrogens (tertiary/aromatic N) is 1. The molecule has 0 aromatic carbocycles. The second kappa shape index (κ2) is 8.63. The van der Waals surface area contributed by atoms with Gasteiger partial charge in [0.25, 0.3) is 0 Å². The SMILES string of the molecule is CC1CCCC(CC(=O)NCCCN2CCNCC2)C1. The van der Waals surface area contributed by atoms with Crippen molar-refractivity contribution in [2.75, 3.05) is 39.3 Å². The van der Waals surface area contributed by atoms with Gasteiger partial charge in [0.15, 0.2) is 0 Å². The average molecular weight is 281 g/mol. The van der Waals surface area contributed by atoms with Crippen molar-refractivity contribution in [2.45, 2.75) is 45.4 Å². The fraction of sp³-hybridized carbons (Fsp3) is 0.938. The van der Waals surface area contributed by atoms with Gasteiger partial charge in [-0.05, 0) is 37.6 Å². The maximum absolute atomic E-state index is 11.9. The molecule has 2 aliphatic rings. The molecular weight excluding hydrogens is 250 g/mol. The molecule has 1 heterocycles. The third kappa shape index (κ3) is 5.80. The Bertz CT molecular complexity index is 289. The predicted molar refractivity (Wildman–Crippen MR) is 82.7 cm³/mol. The Morgan fingerprint density at radius 1 is 1.30 bits per heavy atom. The first-order valence-corrected chi connectivity index (χ1v) is 8.44. The van der Waals surface area contributed by atoms with E-state index in [0.717, 1.165) is 58.0 Å². The molecule has 4 nitrogen and oxygen atoms in total. The van der Waals surface area contributed by atoms with E-state index in [2.05, 4.69) is 22.5 Å². The number of piperazine rings is 1. The van der Waals surface area contributed by atoms with E-state index in [0.29, 0.717) is 5.92 Å². The summed E-state index contributed by atoms with van der Waals surface area (Å²) in [7, 11) is 0. The first kappa shape index (κ1) is 15.8.